The minimum Gasteiger partial charge on any atom is -0.390 e. The quantitative estimate of drug-likeness (QED) is 0.526. The second kappa shape index (κ2) is 4.04. The maximum Gasteiger partial charge on any atom is 0.0817 e. The summed E-state index contributed by atoms with van der Waals surface area (Å²) >= 11 is 0. The summed E-state index contributed by atoms with van der Waals surface area (Å²) in [6, 6.07) is 0.216. The van der Waals surface area contributed by atoms with Crippen molar-refractivity contribution in [1.29, 1.82) is 0 Å². The molecule has 0 heterocycles. The Bertz CT molecular complexity index is 110. The minimum absolute atomic E-state index is 0.216. The van der Waals surface area contributed by atoms with Crippen LogP contribution in [0.15, 0.2) is 0 Å². The summed E-state index contributed by atoms with van der Waals surface area (Å²) in [5.41, 5.74) is 5.38. The van der Waals surface area contributed by atoms with E-state index in [1.54, 1.807) is 0 Å². The zero-order chi connectivity index (χ0) is 8.27. The SMILES string of the molecule is CNC(C(O)CN)C1CCC1. The van der Waals surface area contributed by atoms with Crippen LogP contribution in [0.25, 0.3) is 0 Å². The molecule has 0 aromatic heterocycles. The second-order valence-electron chi connectivity index (χ2n) is 3.31. The maximum absolute atomic E-state index is 9.47. The first kappa shape index (κ1) is 8.97. The van der Waals surface area contributed by atoms with E-state index in [2.05, 4.69) is 5.32 Å². The van der Waals surface area contributed by atoms with Crippen molar-refractivity contribution in [3.63, 3.8) is 0 Å². The van der Waals surface area contributed by atoms with Gasteiger partial charge in [0.1, 0.15) is 0 Å². The third-order valence-electron chi connectivity index (χ3n) is 2.65. The Morgan fingerprint density at radius 2 is 2.27 bits per heavy atom. The van der Waals surface area contributed by atoms with Gasteiger partial charge in [0, 0.05) is 12.6 Å². The molecule has 0 radical (unpaired) electrons. The fraction of sp³-hybridized carbons (Fsp3) is 1.00. The maximum atomic E-state index is 9.47. The third-order valence-corrected chi connectivity index (χ3v) is 2.65. The van der Waals surface area contributed by atoms with Gasteiger partial charge in [0.05, 0.1) is 6.10 Å². The fourth-order valence-electron chi connectivity index (χ4n) is 1.69. The number of aliphatic hydroxyl groups is 1. The molecule has 0 spiro atoms. The highest BCUT2D eigenvalue weighted by atomic mass is 16.3. The summed E-state index contributed by atoms with van der Waals surface area (Å²) in [5.74, 6) is 0.651. The molecule has 0 saturated heterocycles. The molecule has 1 aliphatic rings. The summed E-state index contributed by atoms with van der Waals surface area (Å²) < 4.78 is 0. The van der Waals surface area contributed by atoms with E-state index in [4.69, 9.17) is 5.73 Å². The predicted octanol–water partition coefficient (Wildman–Crippen LogP) is -0.306. The number of nitrogens with one attached hydrogen (secondary N) is 1. The van der Waals surface area contributed by atoms with Crippen molar-refractivity contribution in [1.82, 2.24) is 5.32 Å². The van der Waals surface area contributed by atoms with E-state index in [-0.39, 0.29) is 12.1 Å². The average Bonchev–Trinajstić information content (AvgIpc) is 1.94. The Morgan fingerprint density at radius 1 is 1.64 bits per heavy atom. The van der Waals surface area contributed by atoms with Crippen LogP contribution in [0.4, 0.5) is 0 Å². The van der Waals surface area contributed by atoms with Gasteiger partial charge >= 0.3 is 0 Å². The molecule has 4 N–H and O–H groups in total. The Labute approximate surface area is 68.0 Å². The highest BCUT2D eigenvalue weighted by molar-refractivity contribution is 4.87. The van der Waals surface area contributed by atoms with Crippen LogP contribution in [0.5, 0.6) is 0 Å². The van der Waals surface area contributed by atoms with Crippen LogP contribution >= 0.6 is 0 Å². The van der Waals surface area contributed by atoms with Crippen molar-refractivity contribution in [2.45, 2.75) is 31.4 Å². The lowest BCUT2D eigenvalue weighted by Gasteiger charge is -2.36. The first-order valence-corrected chi connectivity index (χ1v) is 4.35. The summed E-state index contributed by atoms with van der Waals surface area (Å²) in [6.45, 7) is 0.363. The van der Waals surface area contributed by atoms with Crippen molar-refractivity contribution in [3.8, 4) is 0 Å². The number of nitrogens with two attached hydrogens (primary N) is 1. The average molecular weight is 158 g/mol. The van der Waals surface area contributed by atoms with E-state index < -0.39 is 0 Å². The van der Waals surface area contributed by atoms with Gasteiger partial charge in [-0.15, -0.1) is 0 Å². The van der Waals surface area contributed by atoms with Crippen LogP contribution in [-0.2, 0) is 0 Å². The van der Waals surface area contributed by atoms with Crippen molar-refractivity contribution >= 4 is 0 Å². The number of hydrogen-bond acceptors (Lipinski definition) is 3. The molecule has 1 aliphatic carbocycles. The van der Waals surface area contributed by atoms with Crippen molar-refractivity contribution in [2.24, 2.45) is 11.7 Å². The molecule has 0 aliphatic heterocycles. The van der Waals surface area contributed by atoms with Crippen LogP contribution in [0.1, 0.15) is 19.3 Å². The molecule has 3 nitrogen and oxygen atoms in total. The molecule has 0 aromatic carbocycles. The van der Waals surface area contributed by atoms with Crippen LogP contribution < -0.4 is 11.1 Å². The number of rotatable bonds is 4. The molecule has 1 rings (SSSR count). The summed E-state index contributed by atoms with van der Waals surface area (Å²) in [6.07, 6.45) is 3.41. The fourth-order valence-corrected chi connectivity index (χ4v) is 1.69. The molecule has 0 amide bonds. The van der Waals surface area contributed by atoms with Crippen LogP contribution in [0.3, 0.4) is 0 Å². The Hall–Kier alpha value is -0.120. The Balaban J connectivity index is 2.34. The standard InChI is InChI=1S/C8H18N2O/c1-10-8(7(11)5-9)6-3-2-4-6/h6-8,10-11H,2-5,9H2,1H3. The number of aliphatic hydroxyl groups excluding tert-OH is 1. The largest absolute Gasteiger partial charge is 0.390 e. The Morgan fingerprint density at radius 3 is 2.55 bits per heavy atom. The number of hydrogen-bond donors (Lipinski definition) is 3. The van der Waals surface area contributed by atoms with Gasteiger partial charge in [-0.3, -0.25) is 0 Å². The normalized spacial score (nSPS) is 24.3. The summed E-state index contributed by atoms with van der Waals surface area (Å²) in [7, 11) is 1.89. The number of likely N-dealkylation sites (N-methyl/N-ethyl adjacent to an activating group) is 1. The van der Waals surface area contributed by atoms with Crippen molar-refractivity contribution in [3.05, 3.63) is 0 Å². The van der Waals surface area contributed by atoms with Crippen LogP contribution in [0, 0.1) is 5.92 Å². The highest BCUT2D eigenvalue weighted by Gasteiger charge is 2.30. The molecular formula is C8H18N2O. The first-order valence-electron chi connectivity index (χ1n) is 4.35. The van der Waals surface area contributed by atoms with E-state index >= 15 is 0 Å². The van der Waals surface area contributed by atoms with E-state index in [1.807, 2.05) is 7.05 Å². The smallest absolute Gasteiger partial charge is 0.0817 e. The second-order valence-corrected chi connectivity index (χ2v) is 3.31. The van der Waals surface area contributed by atoms with Crippen LogP contribution in [-0.4, -0.2) is 30.8 Å². The van der Waals surface area contributed by atoms with Gasteiger partial charge in [0.15, 0.2) is 0 Å². The lowest BCUT2D eigenvalue weighted by molar-refractivity contribution is 0.0799. The van der Waals surface area contributed by atoms with Crippen LogP contribution in [0.2, 0.25) is 0 Å². The van der Waals surface area contributed by atoms with Gasteiger partial charge in [0.2, 0.25) is 0 Å². The monoisotopic (exact) mass is 158 g/mol. The first-order chi connectivity index (χ1) is 5.29. The lowest BCUT2D eigenvalue weighted by Crippen LogP contribution is -2.49. The third kappa shape index (κ3) is 1.92. The topological polar surface area (TPSA) is 58.3 Å². The van der Waals surface area contributed by atoms with Gasteiger partial charge in [-0.25, -0.2) is 0 Å². The highest BCUT2D eigenvalue weighted by Crippen LogP contribution is 2.30. The molecule has 2 atom stereocenters. The van der Waals surface area contributed by atoms with Gasteiger partial charge in [-0.2, -0.15) is 0 Å². The molecule has 1 fully saturated rings. The molecule has 66 valence electrons. The molecule has 2 unspecified atom stereocenters. The molecular weight excluding hydrogens is 140 g/mol. The molecule has 11 heavy (non-hydrogen) atoms. The molecule has 1 saturated carbocycles. The summed E-state index contributed by atoms with van der Waals surface area (Å²) in [4.78, 5) is 0. The molecule has 3 heteroatoms. The predicted molar refractivity (Wildman–Crippen MR) is 45.2 cm³/mol. The zero-order valence-electron chi connectivity index (χ0n) is 7.09. The minimum atomic E-state index is -0.370. The zero-order valence-corrected chi connectivity index (χ0v) is 7.09. The van der Waals surface area contributed by atoms with Crippen molar-refractivity contribution in [2.75, 3.05) is 13.6 Å². The van der Waals surface area contributed by atoms with E-state index in [0.717, 1.165) is 0 Å². The lowest BCUT2D eigenvalue weighted by atomic mass is 9.78. The van der Waals surface area contributed by atoms with Gasteiger partial charge in [0.25, 0.3) is 0 Å². The van der Waals surface area contributed by atoms with E-state index in [9.17, 15) is 5.11 Å². The Kier molecular flexibility index (Phi) is 3.30. The van der Waals surface area contributed by atoms with Gasteiger partial charge < -0.3 is 16.2 Å². The van der Waals surface area contributed by atoms with E-state index in [1.165, 1.54) is 19.3 Å². The molecule has 0 aromatic rings. The van der Waals surface area contributed by atoms with Gasteiger partial charge in [-0.1, -0.05) is 6.42 Å². The molecule has 0 bridgehead atoms. The van der Waals surface area contributed by atoms with Gasteiger partial charge in [-0.05, 0) is 25.8 Å². The summed E-state index contributed by atoms with van der Waals surface area (Å²) in [5, 5.41) is 12.6. The van der Waals surface area contributed by atoms with E-state index in [0.29, 0.717) is 12.5 Å². The van der Waals surface area contributed by atoms with Crippen molar-refractivity contribution < 1.29 is 5.11 Å².